The fourth-order valence-corrected chi connectivity index (χ4v) is 3.88. The van der Waals surface area contributed by atoms with Gasteiger partial charge in [-0.1, -0.05) is 18.7 Å². The zero-order valence-corrected chi connectivity index (χ0v) is 19.2. The molecule has 0 saturated carbocycles. The Kier molecular flexibility index (Phi) is 5.46. The zero-order valence-electron chi connectivity index (χ0n) is 19.2. The second kappa shape index (κ2) is 7.98. The highest BCUT2D eigenvalue weighted by Gasteiger charge is 2.39. The van der Waals surface area contributed by atoms with Crippen molar-refractivity contribution in [2.24, 2.45) is 0 Å². The van der Waals surface area contributed by atoms with Crippen molar-refractivity contribution >= 4 is 16.9 Å². The van der Waals surface area contributed by atoms with Crippen LogP contribution in [-0.4, -0.2) is 38.0 Å². The van der Waals surface area contributed by atoms with Gasteiger partial charge in [-0.2, -0.15) is 0 Å². The van der Waals surface area contributed by atoms with Crippen molar-refractivity contribution in [1.82, 2.24) is 14.9 Å². The molecule has 7 heteroatoms. The summed E-state index contributed by atoms with van der Waals surface area (Å²) in [4.78, 5) is 23.2. The van der Waals surface area contributed by atoms with Gasteiger partial charge in [0.05, 0.1) is 12.0 Å². The Balaban J connectivity index is 1.78. The van der Waals surface area contributed by atoms with E-state index in [-0.39, 0.29) is 17.4 Å². The quantitative estimate of drug-likeness (QED) is 0.454. The van der Waals surface area contributed by atoms with Crippen LogP contribution in [0.4, 0.5) is 0 Å². The molecular weight excluding hydrogens is 406 g/mol. The smallest absolute Gasteiger partial charge is 0.290 e. The van der Waals surface area contributed by atoms with Crippen molar-refractivity contribution in [2.45, 2.75) is 52.7 Å². The van der Waals surface area contributed by atoms with E-state index in [0.29, 0.717) is 24.3 Å². The number of hydrogen-bond acceptors (Lipinski definition) is 5. The van der Waals surface area contributed by atoms with Gasteiger partial charge in [0.25, 0.3) is 5.91 Å². The molecule has 0 radical (unpaired) electrons. The van der Waals surface area contributed by atoms with E-state index in [1.807, 2.05) is 31.2 Å². The number of fused-ring (bicyclic) bond motifs is 2. The maximum atomic E-state index is 13.7. The maximum absolute atomic E-state index is 13.7. The number of hydrogen-bond donors (Lipinski definition) is 2. The molecule has 7 nitrogen and oxygen atoms in total. The van der Waals surface area contributed by atoms with E-state index < -0.39 is 11.6 Å². The minimum Gasteiger partial charge on any atom is -0.458 e. The first kappa shape index (κ1) is 21.9. The lowest BCUT2D eigenvalue weighted by Crippen LogP contribution is -2.42. The van der Waals surface area contributed by atoms with Gasteiger partial charge in [0.2, 0.25) is 0 Å². The molecule has 168 valence electrons. The summed E-state index contributed by atoms with van der Waals surface area (Å²) in [5.41, 5.74) is 3.01. The van der Waals surface area contributed by atoms with Crippen molar-refractivity contribution in [3.05, 3.63) is 77.0 Å². The summed E-state index contributed by atoms with van der Waals surface area (Å²) < 4.78 is 12.0. The zero-order chi connectivity index (χ0) is 23.2. The fraction of sp³-hybridized carbons (Fsp3) is 0.360. The van der Waals surface area contributed by atoms with E-state index in [4.69, 9.17) is 9.15 Å². The number of aromatic amines is 1. The number of amides is 1. The second-order valence-corrected chi connectivity index (χ2v) is 8.97. The molecule has 3 aromatic rings. The summed E-state index contributed by atoms with van der Waals surface area (Å²) in [7, 11) is 0. The summed E-state index contributed by atoms with van der Waals surface area (Å²) >= 11 is 0. The molecule has 1 aromatic carbocycles. The van der Waals surface area contributed by atoms with Crippen molar-refractivity contribution in [1.29, 1.82) is 0 Å². The number of furan rings is 1. The number of carbonyl (C=O) groups excluding carboxylic acids is 1. The van der Waals surface area contributed by atoms with Gasteiger partial charge in [-0.3, -0.25) is 4.79 Å². The Bertz CT molecular complexity index is 1220. The van der Waals surface area contributed by atoms with E-state index >= 15 is 0 Å². The largest absolute Gasteiger partial charge is 0.458 e. The average Bonchev–Trinajstić information content (AvgIpc) is 3.37. The third-order valence-corrected chi connectivity index (χ3v) is 5.81. The Morgan fingerprint density at radius 2 is 2.12 bits per heavy atom. The van der Waals surface area contributed by atoms with Gasteiger partial charge in [0.15, 0.2) is 5.76 Å². The normalized spacial score (nSPS) is 16.1. The number of carbonyl (C=O) groups is 1. The molecule has 0 fully saturated rings. The Labute approximate surface area is 187 Å². The highest BCUT2D eigenvalue weighted by atomic mass is 16.5. The third kappa shape index (κ3) is 3.84. The first-order valence-corrected chi connectivity index (χ1v) is 10.7. The van der Waals surface area contributed by atoms with E-state index in [1.54, 1.807) is 38.9 Å². The molecule has 3 heterocycles. The molecule has 1 atom stereocenters. The number of H-pyrrole nitrogens is 1. The standard InChI is InChI=1S/C25H29N3O4/c1-14(2)23(31-16(4)25(5,6)30)24(29)28-11-10-18-21(27-13-26-18)22(28)20-12-17-15(3)8-7-9-19(17)32-20/h7-9,12-13,22,30H,4,10-11H2,1-3,5-6H3,(H,26,27). The Hall–Kier alpha value is -3.32. The lowest BCUT2D eigenvalue weighted by atomic mass is 9.99. The topological polar surface area (TPSA) is 91.6 Å². The van der Waals surface area contributed by atoms with Crippen LogP contribution in [-0.2, 0) is 16.0 Å². The van der Waals surface area contributed by atoms with E-state index in [2.05, 4.69) is 16.5 Å². The van der Waals surface area contributed by atoms with Crippen LogP contribution in [0.5, 0.6) is 0 Å². The van der Waals surface area contributed by atoms with Gasteiger partial charge in [0.1, 0.15) is 28.7 Å². The number of nitrogens with zero attached hydrogens (tertiary/aromatic N) is 2. The van der Waals surface area contributed by atoms with Crippen LogP contribution in [0.15, 0.2) is 58.7 Å². The Morgan fingerprint density at radius 3 is 2.78 bits per heavy atom. The average molecular weight is 436 g/mol. The number of ether oxygens (including phenoxy) is 1. The summed E-state index contributed by atoms with van der Waals surface area (Å²) in [6, 6.07) is 7.38. The van der Waals surface area contributed by atoms with Gasteiger partial charge >= 0.3 is 0 Å². The summed E-state index contributed by atoms with van der Waals surface area (Å²) in [5.74, 6) is 0.597. The van der Waals surface area contributed by atoms with Crippen LogP contribution in [0.25, 0.3) is 11.0 Å². The highest BCUT2D eigenvalue weighted by Crippen LogP contribution is 2.38. The molecule has 0 bridgehead atoms. The number of aliphatic hydroxyl groups is 1. The molecule has 0 aliphatic carbocycles. The molecule has 1 unspecified atom stereocenters. The molecule has 32 heavy (non-hydrogen) atoms. The number of rotatable bonds is 5. The predicted molar refractivity (Wildman–Crippen MR) is 122 cm³/mol. The van der Waals surface area contributed by atoms with Crippen molar-refractivity contribution < 1.29 is 19.1 Å². The highest BCUT2D eigenvalue weighted by molar-refractivity contribution is 5.93. The summed E-state index contributed by atoms with van der Waals surface area (Å²) in [6.07, 6.45) is 2.29. The number of aryl methyl sites for hydroxylation is 1. The maximum Gasteiger partial charge on any atom is 0.290 e. The molecule has 0 saturated heterocycles. The molecule has 1 amide bonds. The molecule has 1 aliphatic rings. The first-order chi connectivity index (χ1) is 15.1. The monoisotopic (exact) mass is 435 g/mol. The number of aromatic nitrogens is 2. The van der Waals surface area contributed by atoms with Crippen LogP contribution in [0.1, 0.15) is 56.4 Å². The SMILES string of the molecule is C=C(OC(C(=O)N1CCc2[nH]cnc2C1c1cc2c(C)cccc2o1)=C(C)C)C(C)(C)O. The molecule has 1 aliphatic heterocycles. The van der Waals surface area contributed by atoms with Crippen LogP contribution < -0.4 is 0 Å². The molecule has 4 rings (SSSR count). The van der Waals surface area contributed by atoms with Crippen molar-refractivity contribution in [2.75, 3.05) is 6.54 Å². The van der Waals surface area contributed by atoms with Gasteiger partial charge in [-0.25, -0.2) is 4.98 Å². The van der Waals surface area contributed by atoms with Gasteiger partial charge in [-0.15, -0.1) is 0 Å². The van der Waals surface area contributed by atoms with Crippen LogP contribution in [0.3, 0.4) is 0 Å². The minimum absolute atomic E-state index is 0.107. The second-order valence-electron chi connectivity index (χ2n) is 8.97. The van der Waals surface area contributed by atoms with Gasteiger partial charge < -0.3 is 24.1 Å². The van der Waals surface area contributed by atoms with Crippen molar-refractivity contribution in [3.63, 3.8) is 0 Å². The van der Waals surface area contributed by atoms with Crippen molar-refractivity contribution in [3.8, 4) is 0 Å². The summed E-state index contributed by atoms with van der Waals surface area (Å²) in [5, 5.41) is 11.3. The number of benzene rings is 1. The van der Waals surface area contributed by atoms with Crippen LogP contribution >= 0.6 is 0 Å². The van der Waals surface area contributed by atoms with Gasteiger partial charge in [-0.05, 0) is 57.9 Å². The lowest BCUT2D eigenvalue weighted by Gasteiger charge is -2.35. The van der Waals surface area contributed by atoms with E-state index in [1.165, 1.54) is 0 Å². The molecule has 2 N–H and O–H groups in total. The number of imidazole rings is 1. The third-order valence-electron chi connectivity index (χ3n) is 5.81. The summed E-state index contributed by atoms with van der Waals surface area (Å²) in [6.45, 7) is 13.0. The first-order valence-electron chi connectivity index (χ1n) is 10.7. The van der Waals surface area contributed by atoms with Gasteiger partial charge in [0, 0.05) is 24.0 Å². The molecular formula is C25H29N3O4. The van der Waals surface area contributed by atoms with Crippen LogP contribution in [0.2, 0.25) is 0 Å². The number of nitrogens with one attached hydrogen (secondary N) is 1. The van der Waals surface area contributed by atoms with Crippen LogP contribution in [0, 0.1) is 6.92 Å². The van der Waals surface area contributed by atoms with E-state index in [0.717, 1.165) is 27.9 Å². The lowest BCUT2D eigenvalue weighted by molar-refractivity contribution is -0.133. The Morgan fingerprint density at radius 1 is 1.38 bits per heavy atom. The predicted octanol–water partition coefficient (Wildman–Crippen LogP) is 4.53. The fourth-order valence-electron chi connectivity index (χ4n) is 3.88. The molecule has 0 spiro atoms. The number of allylic oxidation sites excluding steroid dienone is 1. The van der Waals surface area contributed by atoms with E-state index in [9.17, 15) is 9.90 Å². The minimum atomic E-state index is -1.28. The molecule has 2 aromatic heterocycles.